The van der Waals surface area contributed by atoms with Crippen molar-refractivity contribution in [2.45, 2.75) is 44.4 Å². The minimum Gasteiger partial charge on any atom is -0.355 e. The molecule has 3 heteroatoms. The lowest BCUT2D eigenvalue weighted by molar-refractivity contribution is -0.120. The molecule has 1 atom stereocenters. The van der Waals surface area contributed by atoms with Gasteiger partial charge < -0.3 is 5.32 Å². The van der Waals surface area contributed by atoms with E-state index in [-0.39, 0.29) is 10.7 Å². The van der Waals surface area contributed by atoms with Crippen LogP contribution in [0.1, 0.15) is 39.5 Å². The first-order chi connectivity index (χ1) is 5.68. The van der Waals surface area contributed by atoms with E-state index in [1.54, 1.807) is 0 Å². The van der Waals surface area contributed by atoms with Crippen molar-refractivity contribution in [2.75, 3.05) is 6.54 Å². The van der Waals surface area contributed by atoms with Gasteiger partial charge in [0.15, 0.2) is 0 Å². The molecule has 72 valence electrons. The molecule has 0 radical (unpaired) electrons. The average molecular weight is 236 g/mol. The molecule has 0 aromatic rings. The second kappa shape index (κ2) is 7.59. The Morgan fingerprint density at radius 3 is 2.58 bits per heavy atom. The summed E-state index contributed by atoms with van der Waals surface area (Å²) in [5, 5.41) is 2.86. The molecular weight excluding hydrogens is 218 g/mol. The molecule has 0 aromatic carbocycles. The zero-order chi connectivity index (χ0) is 9.40. The number of halogens is 1. The van der Waals surface area contributed by atoms with E-state index >= 15 is 0 Å². The summed E-state index contributed by atoms with van der Waals surface area (Å²) in [6.07, 6.45) is 4.81. The Bertz CT molecular complexity index is 126. The molecule has 0 aromatic heterocycles. The van der Waals surface area contributed by atoms with Gasteiger partial charge in [-0.3, -0.25) is 4.79 Å². The minimum absolute atomic E-state index is 0.0660. The van der Waals surface area contributed by atoms with Crippen LogP contribution >= 0.6 is 15.9 Å². The maximum absolute atomic E-state index is 11.0. The van der Waals surface area contributed by atoms with Gasteiger partial charge in [0.1, 0.15) is 0 Å². The van der Waals surface area contributed by atoms with Gasteiger partial charge in [0.05, 0.1) is 4.83 Å². The summed E-state index contributed by atoms with van der Waals surface area (Å²) in [7, 11) is 0. The van der Waals surface area contributed by atoms with Crippen LogP contribution in [0.15, 0.2) is 0 Å². The first-order valence-electron chi connectivity index (χ1n) is 4.60. The zero-order valence-corrected chi connectivity index (χ0v) is 9.49. The van der Waals surface area contributed by atoms with Crippen LogP contribution in [0.25, 0.3) is 0 Å². The number of alkyl halides is 1. The van der Waals surface area contributed by atoms with Crippen molar-refractivity contribution in [3.05, 3.63) is 0 Å². The molecule has 0 fully saturated rings. The fourth-order valence-electron chi connectivity index (χ4n) is 0.904. The SMILES string of the molecule is CCCCCCNC(=O)C(C)Br. The van der Waals surface area contributed by atoms with Gasteiger partial charge in [0.25, 0.3) is 0 Å². The summed E-state index contributed by atoms with van der Waals surface area (Å²) in [6, 6.07) is 0. The molecule has 0 spiro atoms. The van der Waals surface area contributed by atoms with E-state index in [0.717, 1.165) is 13.0 Å². The summed E-state index contributed by atoms with van der Waals surface area (Å²) in [4.78, 5) is 11.0. The highest BCUT2D eigenvalue weighted by atomic mass is 79.9. The molecule has 0 aliphatic heterocycles. The monoisotopic (exact) mass is 235 g/mol. The van der Waals surface area contributed by atoms with Crippen LogP contribution in [0.3, 0.4) is 0 Å². The van der Waals surface area contributed by atoms with Crippen LogP contribution in [0.5, 0.6) is 0 Å². The predicted octanol–water partition coefficient (Wildman–Crippen LogP) is 2.47. The Kier molecular flexibility index (Phi) is 7.56. The van der Waals surface area contributed by atoms with Gasteiger partial charge in [-0.1, -0.05) is 42.1 Å². The van der Waals surface area contributed by atoms with E-state index in [4.69, 9.17) is 0 Å². The molecule has 1 N–H and O–H groups in total. The average Bonchev–Trinajstić information content (AvgIpc) is 2.03. The van der Waals surface area contributed by atoms with Crippen LogP contribution < -0.4 is 5.32 Å². The lowest BCUT2D eigenvalue weighted by Gasteiger charge is -2.05. The van der Waals surface area contributed by atoms with Gasteiger partial charge in [-0.15, -0.1) is 0 Å². The van der Waals surface area contributed by atoms with Crippen LogP contribution in [-0.2, 0) is 4.79 Å². The fourth-order valence-corrected chi connectivity index (χ4v) is 1.07. The molecule has 2 nitrogen and oxygen atoms in total. The smallest absolute Gasteiger partial charge is 0.233 e. The number of carbonyl (C=O) groups is 1. The van der Waals surface area contributed by atoms with Crippen molar-refractivity contribution in [1.82, 2.24) is 5.32 Å². The second-order valence-electron chi connectivity index (χ2n) is 2.97. The second-order valence-corrected chi connectivity index (χ2v) is 4.34. The van der Waals surface area contributed by atoms with Crippen molar-refractivity contribution >= 4 is 21.8 Å². The number of nitrogens with one attached hydrogen (secondary N) is 1. The molecule has 0 aliphatic carbocycles. The maximum Gasteiger partial charge on any atom is 0.233 e. The first-order valence-corrected chi connectivity index (χ1v) is 5.51. The Hall–Kier alpha value is -0.0500. The van der Waals surface area contributed by atoms with Crippen molar-refractivity contribution in [3.63, 3.8) is 0 Å². The van der Waals surface area contributed by atoms with Crippen LogP contribution in [0.4, 0.5) is 0 Å². The molecule has 12 heavy (non-hydrogen) atoms. The molecule has 1 unspecified atom stereocenters. The molecule has 0 heterocycles. The lowest BCUT2D eigenvalue weighted by Crippen LogP contribution is -2.30. The highest BCUT2D eigenvalue weighted by molar-refractivity contribution is 9.10. The molecule has 0 saturated carbocycles. The lowest BCUT2D eigenvalue weighted by atomic mass is 10.2. The molecular formula is C9H18BrNO. The van der Waals surface area contributed by atoms with Crippen LogP contribution in [0, 0.1) is 0 Å². The summed E-state index contributed by atoms with van der Waals surface area (Å²) in [6.45, 7) is 4.83. The topological polar surface area (TPSA) is 29.1 Å². The van der Waals surface area contributed by atoms with Crippen molar-refractivity contribution < 1.29 is 4.79 Å². The van der Waals surface area contributed by atoms with Gasteiger partial charge in [0, 0.05) is 6.54 Å². The minimum atomic E-state index is -0.0660. The summed E-state index contributed by atoms with van der Waals surface area (Å²) in [5.74, 6) is 0.0894. The quantitative estimate of drug-likeness (QED) is 0.557. The first kappa shape index (κ1) is 11.9. The Morgan fingerprint density at radius 2 is 2.08 bits per heavy atom. The van der Waals surface area contributed by atoms with E-state index in [9.17, 15) is 4.79 Å². The Labute approximate surface area is 83.2 Å². The van der Waals surface area contributed by atoms with E-state index in [2.05, 4.69) is 28.2 Å². The van der Waals surface area contributed by atoms with Gasteiger partial charge in [-0.2, -0.15) is 0 Å². The summed E-state index contributed by atoms with van der Waals surface area (Å²) < 4.78 is 0. The third-order valence-electron chi connectivity index (χ3n) is 1.69. The summed E-state index contributed by atoms with van der Waals surface area (Å²) >= 11 is 3.21. The van der Waals surface area contributed by atoms with E-state index in [1.165, 1.54) is 19.3 Å². The summed E-state index contributed by atoms with van der Waals surface area (Å²) in [5.41, 5.74) is 0. The number of hydrogen-bond donors (Lipinski definition) is 1. The Balaban J connectivity index is 3.14. The van der Waals surface area contributed by atoms with E-state index in [0.29, 0.717) is 0 Å². The molecule has 0 aliphatic rings. The normalized spacial score (nSPS) is 12.6. The Morgan fingerprint density at radius 1 is 1.42 bits per heavy atom. The van der Waals surface area contributed by atoms with Crippen LogP contribution in [0.2, 0.25) is 0 Å². The standard InChI is InChI=1S/C9H18BrNO/c1-3-4-5-6-7-11-9(12)8(2)10/h8H,3-7H2,1-2H3,(H,11,12). The van der Waals surface area contributed by atoms with Crippen molar-refractivity contribution in [3.8, 4) is 0 Å². The van der Waals surface area contributed by atoms with Crippen molar-refractivity contribution in [1.29, 1.82) is 0 Å². The fraction of sp³-hybridized carbons (Fsp3) is 0.889. The molecule has 0 bridgehead atoms. The number of hydrogen-bond acceptors (Lipinski definition) is 1. The third-order valence-corrected chi connectivity index (χ3v) is 2.11. The number of rotatable bonds is 6. The molecule has 1 amide bonds. The molecule has 0 rings (SSSR count). The maximum atomic E-state index is 11.0. The van der Waals surface area contributed by atoms with Crippen molar-refractivity contribution in [2.24, 2.45) is 0 Å². The van der Waals surface area contributed by atoms with Gasteiger partial charge in [0.2, 0.25) is 5.91 Å². The predicted molar refractivity (Wildman–Crippen MR) is 55.5 cm³/mol. The zero-order valence-electron chi connectivity index (χ0n) is 7.90. The van der Waals surface area contributed by atoms with Crippen LogP contribution in [-0.4, -0.2) is 17.3 Å². The van der Waals surface area contributed by atoms with E-state index < -0.39 is 0 Å². The van der Waals surface area contributed by atoms with Gasteiger partial charge in [-0.25, -0.2) is 0 Å². The van der Waals surface area contributed by atoms with E-state index in [1.807, 2.05) is 6.92 Å². The number of amides is 1. The highest BCUT2D eigenvalue weighted by Gasteiger charge is 2.05. The van der Waals surface area contributed by atoms with Gasteiger partial charge >= 0.3 is 0 Å². The largest absolute Gasteiger partial charge is 0.355 e. The van der Waals surface area contributed by atoms with Gasteiger partial charge in [-0.05, 0) is 13.3 Å². The highest BCUT2D eigenvalue weighted by Crippen LogP contribution is 1.99. The molecule has 0 saturated heterocycles. The number of unbranched alkanes of at least 4 members (excludes halogenated alkanes) is 3. The third kappa shape index (κ3) is 6.65. The number of carbonyl (C=O) groups excluding carboxylic acids is 1.